The summed E-state index contributed by atoms with van der Waals surface area (Å²) in [6.45, 7) is 2.56. The first-order valence-corrected chi connectivity index (χ1v) is 8.41. The highest BCUT2D eigenvalue weighted by atomic mass is 16.5. The molecular weight excluding hydrogens is 320 g/mol. The summed E-state index contributed by atoms with van der Waals surface area (Å²) < 4.78 is 8.01. The van der Waals surface area contributed by atoms with Gasteiger partial charge in [0.15, 0.2) is 11.6 Å². The maximum absolute atomic E-state index is 12.3. The number of carbonyl (C=O) groups excluding carboxylic acids is 1. The molecule has 3 rings (SSSR count). The Morgan fingerprint density at radius 1 is 1.44 bits per heavy atom. The second-order valence-corrected chi connectivity index (χ2v) is 6.23. The lowest BCUT2D eigenvalue weighted by Gasteiger charge is -2.20. The molecule has 1 N–H and O–H groups in total. The van der Waals surface area contributed by atoms with E-state index in [1.807, 2.05) is 41.9 Å². The van der Waals surface area contributed by atoms with Crippen LogP contribution in [-0.4, -0.2) is 65.3 Å². The number of nitrogens with zero attached hydrogens (tertiary/aromatic N) is 5. The minimum atomic E-state index is -0.0507. The van der Waals surface area contributed by atoms with Gasteiger partial charge in [-0.25, -0.2) is 14.8 Å². The van der Waals surface area contributed by atoms with E-state index in [2.05, 4.69) is 15.3 Å². The molecule has 8 heteroatoms. The third-order valence-electron chi connectivity index (χ3n) is 4.11. The van der Waals surface area contributed by atoms with Crippen LogP contribution in [0.15, 0.2) is 37.1 Å². The number of amides is 2. The van der Waals surface area contributed by atoms with Gasteiger partial charge in [-0.3, -0.25) is 0 Å². The fourth-order valence-corrected chi connectivity index (χ4v) is 2.82. The molecule has 134 valence electrons. The van der Waals surface area contributed by atoms with Gasteiger partial charge in [0.25, 0.3) is 0 Å². The molecule has 8 nitrogen and oxygen atoms in total. The van der Waals surface area contributed by atoms with E-state index < -0.39 is 0 Å². The Morgan fingerprint density at radius 3 is 3.08 bits per heavy atom. The first kappa shape index (κ1) is 17.1. The summed E-state index contributed by atoms with van der Waals surface area (Å²) in [4.78, 5) is 24.3. The molecule has 1 atom stereocenters. The van der Waals surface area contributed by atoms with Crippen molar-refractivity contribution in [3.63, 3.8) is 0 Å². The highest BCUT2D eigenvalue weighted by Gasteiger charge is 2.28. The van der Waals surface area contributed by atoms with E-state index >= 15 is 0 Å². The van der Waals surface area contributed by atoms with Gasteiger partial charge in [-0.2, -0.15) is 0 Å². The first-order valence-electron chi connectivity index (χ1n) is 8.41. The molecule has 2 amide bonds. The highest BCUT2D eigenvalue weighted by molar-refractivity contribution is 5.74. The van der Waals surface area contributed by atoms with Crippen molar-refractivity contribution in [3.8, 4) is 5.75 Å². The van der Waals surface area contributed by atoms with Gasteiger partial charge < -0.3 is 24.4 Å². The zero-order chi connectivity index (χ0) is 17.6. The van der Waals surface area contributed by atoms with E-state index in [9.17, 15) is 4.79 Å². The summed E-state index contributed by atoms with van der Waals surface area (Å²) >= 11 is 0. The van der Waals surface area contributed by atoms with Gasteiger partial charge in [0, 0.05) is 58.7 Å². The largest absolute Gasteiger partial charge is 0.485 e. The number of nitrogens with one attached hydrogen (secondary N) is 1. The topological polar surface area (TPSA) is 75.5 Å². The van der Waals surface area contributed by atoms with Crippen molar-refractivity contribution in [1.29, 1.82) is 0 Å². The third-order valence-corrected chi connectivity index (χ3v) is 4.11. The molecule has 1 aliphatic rings. The highest BCUT2D eigenvalue weighted by Crippen LogP contribution is 2.26. The molecule has 2 aromatic rings. The summed E-state index contributed by atoms with van der Waals surface area (Å²) in [7, 11) is 3.87. The van der Waals surface area contributed by atoms with E-state index in [1.165, 1.54) is 0 Å². The molecule has 0 saturated carbocycles. The summed E-state index contributed by atoms with van der Waals surface area (Å²) in [5.41, 5.74) is 0. The molecule has 0 bridgehead atoms. The molecule has 0 aliphatic carbocycles. The molecule has 1 fully saturated rings. The van der Waals surface area contributed by atoms with Crippen LogP contribution >= 0.6 is 0 Å². The summed E-state index contributed by atoms with van der Waals surface area (Å²) in [5, 5.41) is 2.94. The van der Waals surface area contributed by atoms with Crippen LogP contribution in [0, 0.1) is 0 Å². The minimum Gasteiger partial charge on any atom is -0.485 e. The van der Waals surface area contributed by atoms with Gasteiger partial charge in [-0.1, -0.05) is 0 Å². The number of carbonyl (C=O) groups is 1. The van der Waals surface area contributed by atoms with Gasteiger partial charge in [0.1, 0.15) is 6.10 Å². The van der Waals surface area contributed by atoms with E-state index in [4.69, 9.17) is 4.74 Å². The van der Waals surface area contributed by atoms with Crippen molar-refractivity contribution in [1.82, 2.24) is 24.8 Å². The smallest absolute Gasteiger partial charge is 0.317 e. The lowest BCUT2D eigenvalue weighted by atomic mass is 10.3. The molecule has 0 aromatic carbocycles. The molecule has 1 aliphatic heterocycles. The molecule has 2 aromatic heterocycles. The summed E-state index contributed by atoms with van der Waals surface area (Å²) in [6.07, 6.45) is 7.89. The predicted molar refractivity (Wildman–Crippen MR) is 94.8 cm³/mol. The van der Waals surface area contributed by atoms with E-state index in [-0.39, 0.29) is 12.1 Å². The molecule has 3 heterocycles. The zero-order valence-corrected chi connectivity index (χ0v) is 14.6. The summed E-state index contributed by atoms with van der Waals surface area (Å²) in [5.74, 6) is 1.55. The minimum absolute atomic E-state index is 0.0118. The van der Waals surface area contributed by atoms with Crippen LogP contribution in [0.25, 0.3) is 0 Å². The van der Waals surface area contributed by atoms with Crippen molar-refractivity contribution < 1.29 is 9.53 Å². The number of hydrogen-bond acceptors (Lipinski definition) is 5. The van der Waals surface area contributed by atoms with Crippen LogP contribution in [0.4, 0.5) is 10.6 Å². The molecule has 25 heavy (non-hydrogen) atoms. The van der Waals surface area contributed by atoms with E-state index in [0.717, 1.165) is 18.0 Å². The number of pyridine rings is 1. The van der Waals surface area contributed by atoms with E-state index in [1.54, 1.807) is 23.6 Å². The second-order valence-electron chi connectivity index (χ2n) is 6.23. The number of hydrogen-bond donors (Lipinski definition) is 1. The van der Waals surface area contributed by atoms with Crippen molar-refractivity contribution in [2.75, 3.05) is 38.6 Å². The average Bonchev–Trinajstić information content (AvgIpc) is 3.27. The fourth-order valence-electron chi connectivity index (χ4n) is 2.82. The standard InChI is InChI=1S/C17H24N6O2/c1-21(2)16-15(4-3-6-19-16)25-14-5-9-23(12-14)17(24)20-8-11-22-10-7-18-13-22/h3-4,6-7,10,13-14H,5,8-9,11-12H2,1-2H3,(H,20,24). The fraction of sp³-hybridized carbons (Fsp3) is 0.471. The van der Waals surface area contributed by atoms with Crippen molar-refractivity contribution in [2.24, 2.45) is 0 Å². The lowest BCUT2D eigenvalue weighted by molar-refractivity contribution is 0.187. The number of ether oxygens (including phenoxy) is 1. The van der Waals surface area contributed by atoms with Gasteiger partial charge in [-0.05, 0) is 12.1 Å². The maximum atomic E-state index is 12.3. The molecule has 0 spiro atoms. The van der Waals surface area contributed by atoms with Crippen molar-refractivity contribution in [3.05, 3.63) is 37.1 Å². The number of aromatic nitrogens is 3. The summed E-state index contributed by atoms with van der Waals surface area (Å²) in [6, 6.07) is 3.72. The Bertz CT molecular complexity index is 688. The Hall–Kier alpha value is -2.77. The number of likely N-dealkylation sites (tertiary alicyclic amines) is 1. The number of urea groups is 1. The zero-order valence-electron chi connectivity index (χ0n) is 14.6. The SMILES string of the molecule is CN(C)c1ncccc1OC1CCN(C(=O)NCCn2ccnc2)C1. The van der Waals surface area contributed by atoms with Gasteiger partial charge in [0.2, 0.25) is 0 Å². The number of imidazole rings is 1. The van der Waals surface area contributed by atoms with Gasteiger partial charge >= 0.3 is 6.03 Å². The van der Waals surface area contributed by atoms with Crippen LogP contribution in [0.1, 0.15) is 6.42 Å². The Labute approximate surface area is 147 Å². The Morgan fingerprint density at radius 2 is 2.32 bits per heavy atom. The van der Waals surface area contributed by atoms with Gasteiger partial charge in [-0.15, -0.1) is 0 Å². The van der Waals surface area contributed by atoms with Crippen LogP contribution in [0.5, 0.6) is 5.75 Å². The Kier molecular flexibility index (Phi) is 5.37. The first-order chi connectivity index (χ1) is 12.1. The van der Waals surface area contributed by atoms with Crippen LogP contribution < -0.4 is 15.0 Å². The van der Waals surface area contributed by atoms with Crippen molar-refractivity contribution in [2.45, 2.75) is 19.1 Å². The van der Waals surface area contributed by atoms with E-state index in [0.29, 0.717) is 26.2 Å². The number of rotatable bonds is 6. The maximum Gasteiger partial charge on any atom is 0.317 e. The quantitative estimate of drug-likeness (QED) is 0.852. The Balaban J connectivity index is 1.47. The molecule has 0 radical (unpaired) electrons. The van der Waals surface area contributed by atoms with Crippen LogP contribution in [0.3, 0.4) is 0 Å². The second kappa shape index (κ2) is 7.87. The molecular formula is C17H24N6O2. The molecule has 1 saturated heterocycles. The predicted octanol–water partition coefficient (Wildman–Crippen LogP) is 1.21. The third kappa shape index (κ3) is 4.40. The average molecular weight is 344 g/mol. The van der Waals surface area contributed by atoms with Gasteiger partial charge in [0.05, 0.1) is 12.9 Å². The monoisotopic (exact) mass is 344 g/mol. The lowest BCUT2D eigenvalue weighted by Crippen LogP contribution is -2.40. The normalized spacial score (nSPS) is 16.7. The van der Waals surface area contributed by atoms with Crippen molar-refractivity contribution >= 4 is 11.8 Å². The van der Waals surface area contributed by atoms with Crippen LogP contribution in [-0.2, 0) is 6.54 Å². The molecule has 1 unspecified atom stereocenters. The van der Waals surface area contributed by atoms with Crippen LogP contribution in [0.2, 0.25) is 0 Å². The number of anilines is 1.